The third-order valence-electron chi connectivity index (χ3n) is 2.53. The van der Waals surface area contributed by atoms with E-state index >= 15 is 0 Å². The lowest BCUT2D eigenvalue weighted by atomic mass is 10.4. The van der Waals surface area contributed by atoms with Gasteiger partial charge >= 0.3 is 0 Å². The first-order valence-corrected chi connectivity index (χ1v) is 5.63. The van der Waals surface area contributed by atoms with Crippen LogP contribution in [0.1, 0.15) is 11.5 Å². The topological polar surface area (TPSA) is 52.2 Å². The van der Waals surface area contributed by atoms with Crippen LogP contribution >= 0.6 is 0 Å². The summed E-state index contributed by atoms with van der Waals surface area (Å²) in [6.45, 7) is 3.12. The van der Waals surface area contributed by atoms with E-state index in [-0.39, 0.29) is 0 Å². The Balaban J connectivity index is 1.88. The summed E-state index contributed by atoms with van der Waals surface area (Å²) in [6, 6.07) is 6.00. The molecule has 0 unspecified atom stereocenters. The Morgan fingerprint density at radius 3 is 3.18 bits per heavy atom. The second kappa shape index (κ2) is 6.22. The molecule has 2 aromatic rings. The van der Waals surface area contributed by atoms with Crippen LogP contribution in [0.3, 0.4) is 0 Å². The smallest absolute Gasteiger partial charge is 0.156 e. The third kappa shape index (κ3) is 3.44. The van der Waals surface area contributed by atoms with Gasteiger partial charge in [0.2, 0.25) is 0 Å². The van der Waals surface area contributed by atoms with Gasteiger partial charge in [0.15, 0.2) is 5.76 Å². The summed E-state index contributed by atoms with van der Waals surface area (Å²) in [7, 11) is 1.70. The molecule has 5 nitrogen and oxygen atoms in total. The van der Waals surface area contributed by atoms with E-state index < -0.39 is 0 Å². The molecular formula is C12H17N3O2. The molecule has 0 atom stereocenters. The van der Waals surface area contributed by atoms with Gasteiger partial charge in [-0.25, -0.2) is 0 Å². The Hall–Kier alpha value is -1.59. The summed E-state index contributed by atoms with van der Waals surface area (Å²) in [5.74, 6) is 0.861. The fraction of sp³-hybridized carbons (Fsp3) is 0.417. The normalized spacial score (nSPS) is 10.9. The largest absolute Gasteiger partial charge is 0.383 e. The van der Waals surface area contributed by atoms with Crippen molar-refractivity contribution in [2.45, 2.75) is 13.1 Å². The average molecular weight is 235 g/mol. The molecule has 0 aliphatic carbocycles. The van der Waals surface area contributed by atoms with E-state index in [0.717, 1.165) is 25.5 Å². The van der Waals surface area contributed by atoms with E-state index in [4.69, 9.17) is 9.26 Å². The minimum atomic E-state index is 0.717. The zero-order chi connectivity index (χ0) is 11.9. The lowest BCUT2D eigenvalue weighted by Gasteiger charge is -2.08. The van der Waals surface area contributed by atoms with Crippen LogP contribution in [0, 0.1) is 0 Å². The molecule has 0 spiro atoms. The van der Waals surface area contributed by atoms with Gasteiger partial charge in [-0.3, -0.25) is 0 Å². The lowest BCUT2D eigenvalue weighted by Crippen LogP contribution is -2.20. The van der Waals surface area contributed by atoms with E-state index in [2.05, 4.69) is 21.1 Å². The van der Waals surface area contributed by atoms with Gasteiger partial charge in [0.05, 0.1) is 19.3 Å². The van der Waals surface area contributed by atoms with Crippen LogP contribution in [0.4, 0.5) is 0 Å². The van der Waals surface area contributed by atoms with Crippen molar-refractivity contribution < 1.29 is 9.26 Å². The summed E-state index contributed by atoms with van der Waals surface area (Å²) < 4.78 is 12.2. The molecule has 0 aliphatic heterocycles. The van der Waals surface area contributed by atoms with Crippen LogP contribution in [-0.4, -0.2) is 30.0 Å². The lowest BCUT2D eigenvalue weighted by molar-refractivity contribution is 0.199. The van der Waals surface area contributed by atoms with Gasteiger partial charge in [-0.1, -0.05) is 5.16 Å². The van der Waals surface area contributed by atoms with Crippen LogP contribution < -0.4 is 5.32 Å². The molecule has 2 rings (SSSR count). The average Bonchev–Trinajstić information content (AvgIpc) is 2.97. The number of rotatable bonds is 7. The first kappa shape index (κ1) is 11.9. The van der Waals surface area contributed by atoms with E-state index in [1.807, 2.05) is 18.3 Å². The number of aromatic nitrogens is 2. The van der Waals surface area contributed by atoms with Crippen LogP contribution in [-0.2, 0) is 17.8 Å². The second-order valence-electron chi connectivity index (χ2n) is 3.78. The Morgan fingerprint density at radius 2 is 2.41 bits per heavy atom. The summed E-state index contributed by atoms with van der Waals surface area (Å²) in [4.78, 5) is 0. The molecule has 17 heavy (non-hydrogen) atoms. The summed E-state index contributed by atoms with van der Waals surface area (Å²) in [5.41, 5.74) is 1.22. The van der Waals surface area contributed by atoms with E-state index in [1.54, 1.807) is 13.3 Å². The molecule has 0 fully saturated rings. The maximum absolute atomic E-state index is 5.09. The summed E-state index contributed by atoms with van der Waals surface area (Å²) in [5, 5.41) is 7.02. The molecule has 2 heterocycles. The highest BCUT2D eigenvalue weighted by Crippen LogP contribution is 2.07. The first-order chi connectivity index (χ1) is 8.40. The zero-order valence-corrected chi connectivity index (χ0v) is 9.93. The Bertz CT molecular complexity index is 423. The quantitative estimate of drug-likeness (QED) is 0.734. The SMILES string of the molecule is COCCNCc1cccn1Cc1ccno1. The van der Waals surface area contributed by atoms with E-state index in [9.17, 15) is 0 Å². The standard InChI is InChI=1S/C12H17N3O2/c1-16-8-6-13-9-11-3-2-7-15(11)10-12-4-5-14-17-12/h2-5,7,13H,6,8-10H2,1H3. The van der Waals surface area contributed by atoms with Crippen molar-refractivity contribution in [1.29, 1.82) is 0 Å². The van der Waals surface area contributed by atoms with Gasteiger partial charge < -0.3 is 19.1 Å². The Morgan fingerprint density at radius 1 is 1.47 bits per heavy atom. The molecule has 0 saturated carbocycles. The molecule has 0 saturated heterocycles. The van der Waals surface area contributed by atoms with Crippen LogP contribution in [0.15, 0.2) is 35.1 Å². The van der Waals surface area contributed by atoms with Crippen molar-refractivity contribution >= 4 is 0 Å². The number of hydrogen-bond acceptors (Lipinski definition) is 4. The fourth-order valence-electron chi connectivity index (χ4n) is 1.65. The van der Waals surface area contributed by atoms with Gasteiger partial charge in [-0.05, 0) is 12.1 Å². The molecule has 0 bridgehead atoms. The monoisotopic (exact) mass is 235 g/mol. The van der Waals surface area contributed by atoms with E-state index in [0.29, 0.717) is 6.54 Å². The first-order valence-electron chi connectivity index (χ1n) is 5.63. The van der Waals surface area contributed by atoms with Crippen molar-refractivity contribution in [2.24, 2.45) is 0 Å². The number of nitrogens with zero attached hydrogens (tertiary/aromatic N) is 2. The molecule has 0 amide bonds. The molecule has 0 aliphatic rings. The summed E-state index contributed by atoms with van der Waals surface area (Å²) >= 11 is 0. The molecule has 1 N–H and O–H groups in total. The highest BCUT2D eigenvalue weighted by Gasteiger charge is 2.03. The van der Waals surface area contributed by atoms with Crippen molar-refractivity contribution in [3.63, 3.8) is 0 Å². The van der Waals surface area contributed by atoms with Gasteiger partial charge in [-0.2, -0.15) is 0 Å². The predicted molar refractivity (Wildman–Crippen MR) is 63.6 cm³/mol. The van der Waals surface area contributed by atoms with Gasteiger partial charge in [0.25, 0.3) is 0 Å². The third-order valence-corrected chi connectivity index (χ3v) is 2.53. The molecule has 0 radical (unpaired) electrons. The molecule has 5 heteroatoms. The van der Waals surface area contributed by atoms with Crippen molar-refractivity contribution in [2.75, 3.05) is 20.3 Å². The minimum Gasteiger partial charge on any atom is -0.383 e. The molecular weight excluding hydrogens is 218 g/mol. The molecule has 92 valence electrons. The van der Waals surface area contributed by atoms with Crippen molar-refractivity contribution in [3.8, 4) is 0 Å². The number of nitrogens with one attached hydrogen (secondary N) is 1. The van der Waals surface area contributed by atoms with Crippen molar-refractivity contribution in [3.05, 3.63) is 42.0 Å². The summed E-state index contributed by atoms with van der Waals surface area (Å²) in [6.07, 6.45) is 3.70. The Labute approximate surface area is 100 Å². The van der Waals surface area contributed by atoms with Crippen LogP contribution in [0.25, 0.3) is 0 Å². The number of ether oxygens (including phenoxy) is 1. The Kier molecular flexibility index (Phi) is 4.35. The number of methoxy groups -OCH3 is 1. The molecule has 2 aromatic heterocycles. The fourth-order valence-corrected chi connectivity index (χ4v) is 1.65. The maximum Gasteiger partial charge on any atom is 0.156 e. The van der Waals surface area contributed by atoms with Crippen molar-refractivity contribution in [1.82, 2.24) is 15.0 Å². The van der Waals surface area contributed by atoms with Gasteiger partial charge in [-0.15, -0.1) is 0 Å². The van der Waals surface area contributed by atoms with Crippen LogP contribution in [0.2, 0.25) is 0 Å². The highest BCUT2D eigenvalue weighted by atomic mass is 16.5. The minimum absolute atomic E-state index is 0.717. The predicted octanol–water partition coefficient (Wildman–Crippen LogP) is 1.26. The zero-order valence-electron chi connectivity index (χ0n) is 9.93. The van der Waals surface area contributed by atoms with Crippen LogP contribution in [0.5, 0.6) is 0 Å². The molecule has 0 aromatic carbocycles. The highest BCUT2D eigenvalue weighted by molar-refractivity contribution is 5.09. The second-order valence-corrected chi connectivity index (χ2v) is 3.78. The van der Waals surface area contributed by atoms with E-state index in [1.165, 1.54) is 5.69 Å². The maximum atomic E-state index is 5.09. The van der Waals surface area contributed by atoms with Gasteiger partial charge in [0.1, 0.15) is 0 Å². The van der Waals surface area contributed by atoms with Gasteiger partial charge in [0, 0.05) is 38.2 Å². The number of hydrogen-bond donors (Lipinski definition) is 1.